The van der Waals surface area contributed by atoms with Crippen molar-refractivity contribution < 1.29 is 14.4 Å². The Morgan fingerprint density at radius 3 is 2.22 bits per heavy atom. The molecule has 0 saturated carbocycles. The minimum Gasteiger partial charge on any atom is -0.368 e. The second-order valence-corrected chi connectivity index (χ2v) is 5.91. The van der Waals surface area contributed by atoms with Crippen molar-refractivity contribution in [1.29, 1.82) is 0 Å². The van der Waals surface area contributed by atoms with Crippen LogP contribution in [0.3, 0.4) is 0 Å². The van der Waals surface area contributed by atoms with Crippen LogP contribution >= 0.6 is 0 Å². The summed E-state index contributed by atoms with van der Waals surface area (Å²) in [4.78, 5) is 34.9. The summed E-state index contributed by atoms with van der Waals surface area (Å²) < 4.78 is 0. The molecular formula is C17H25N3O3. The highest BCUT2D eigenvalue weighted by Gasteiger charge is 2.19. The molecule has 0 heterocycles. The second-order valence-electron chi connectivity index (χ2n) is 5.91. The van der Waals surface area contributed by atoms with Gasteiger partial charge < -0.3 is 16.4 Å². The quantitative estimate of drug-likeness (QED) is 0.635. The first-order chi connectivity index (χ1) is 10.9. The molecule has 1 rings (SSSR count). The van der Waals surface area contributed by atoms with E-state index in [0.717, 1.165) is 5.56 Å². The van der Waals surface area contributed by atoms with Gasteiger partial charge in [-0.1, -0.05) is 44.2 Å². The van der Waals surface area contributed by atoms with E-state index in [4.69, 9.17) is 5.73 Å². The Bertz CT molecular complexity index is 529. The van der Waals surface area contributed by atoms with E-state index in [1.165, 1.54) is 0 Å². The topological polar surface area (TPSA) is 101 Å². The van der Waals surface area contributed by atoms with E-state index in [1.54, 1.807) is 0 Å². The number of primary amides is 1. The number of hydrogen-bond acceptors (Lipinski definition) is 3. The largest absolute Gasteiger partial charge is 0.368 e. The molecule has 1 aromatic carbocycles. The normalized spacial score (nSPS) is 11.8. The summed E-state index contributed by atoms with van der Waals surface area (Å²) in [6.07, 6.45) is 0.593. The van der Waals surface area contributed by atoms with Crippen molar-refractivity contribution in [3.63, 3.8) is 0 Å². The molecule has 1 aromatic rings. The van der Waals surface area contributed by atoms with E-state index >= 15 is 0 Å². The van der Waals surface area contributed by atoms with Gasteiger partial charge in [-0.3, -0.25) is 14.4 Å². The Labute approximate surface area is 136 Å². The number of nitrogens with two attached hydrogens (primary N) is 1. The second kappa shape index (κ2) is 9.61. The van der Waals surface area contributed by atoms with Crippen LogP contribution in [-0.4, -0.2) is 23.8 Å². The van der Waals surface area contributed by atoms with Crippen molar-refractivity contribution >= 4 is 17.7 Å². The van der Waals surface area contributed by atoms with E-state index in [-0.39, 0.29) is 30.6 Å². The lowest BCUT2D eigenvalue weighted by atomic mass is 10.0. The Balaban J connectivity index is 2.31. The Hall–Kier alpha value is -2.37. The van der Waals surface area contributed by atoms with E-state index in [2.05, 4.69) is 10.6 Å². The number of hydrogen-bond donors (Lipinski definition) is 3. The summed E-state index contributed by atoms with van der Waals surface area (Å²) in [6.45, 7) is 4.32. The fourth-order valence-electron chi connectivity index (χ4n) is 2.10. The Morgan fingerprint density at radius 1 is 1.04 bits per heavy atom. The Morgan fingerprint density at radius 2 is 1.65 bits per heavy atom. The van der Waals surface area contributed by atoms with Gasteiger partial charge in [0.1, 0.15) is 6.04 Å². The average Bonchev–Trinajstić information content (AvgIpc) is 2.50. The first-order valence-electron chi connectivity index (χ1n) is 7.77. The molecular weight excluding hydrogens is 294 g/mol. The van der Waals surface area contributed by atoms with Gasteiger partial charge in [-0.2, -0.15) is 0 Å². The van der Waals surface area contributed by atoms with Crippen LogP contribution in [0.1, 0.15) is 38.7 Å². The van der Waals surface area contributed by atoms with E-state index in [1.807, 2.05) is 44.2 Å². The van der Waals surface area contributed by atoms with Gasteiger partial charge in [0.05, 0.1) is 0 Å². The SMILES string of the molecule is CC(C)CC(NC(=O)CCC(=O)NCc1ccccc1)C(N)=O. The highest BCUT2D eigenvalue weighted by Crippen LogP contribution is 2.05. The van der Waals surface area contributed by atoms with Crippen LogP contribution in [0.15, 0.2) is 30.3 Å². The summed E-state index contributed by atoms with van der Waals surface area (Å²) in [5.74, 6) is -0.865. The molecule has 0 saturated heterocycles. The fraction of sp³-hybridized carbons (Fsp3) is 0.471. The predicted octanol–water partition coefficient (Wildman–Crippen LogP) is 1.10. The predicted molar refractivity (Wildman–Crippen MR) is 88.1 cm³/mol. The first kappa shape index (κ1) is 18.7. The van der Waals surface area contributed by atoms with Gasteiger partial charge >= 0.3 is 0 Å². The molecule has 0 aliphatic carbocycles. The number of nitrogens with one attached hydrogen (secondary N) is 2. The van der Waals surface area contributed by atoms with Crippen LogP contribution in [0.2, 0.25) is 0 Å². The molecule has 6 nitrogen and oxygen atoms in total. The van der Waals surface area contributed by atoms with Crippen LogP contribution in [0.25, 0.3) is 0 Å². The number of rotatable bonds is 9. The molecule has 0 aromatic heterocycles. The molecule has 23 heavy (non-hydrogen) atoms. The van der Waals surface area contributed by atoms with E-state index in [9.17, 15) is 14.4 Å². The van der Waals surface area contributed by atoms with Gasteiger partial charge in [0.15, 0.2) is 0 Å². The molecule has 0 spiro atoms. The monoisotopic (exact) mass is 319 g/mol. The maximum absolute atomic E-state index is 11.8. The van der Waals surface area contributed by atoms with E-state index in [0.29, 0.717) is 13.0 Å². The zero-order valence-corrected chi connectivity index (χ0v) is 13.7. The van der Waals surface area contributed by atoms with Crippen LogP contribution in [0.4, 0.5) is 0 Å². The molecule has 0 fully saturated rings. The number of benzene rings is 1. The maximum Gasteiger partial charge on any atom is 0.240 e. The van der Waals surface area contributed by atoms with E-state index < -0.39 is 11.9 Å². The summed E-state index contributed by atoms with van der Waals surface area (Å²) in [5.41, 5.74) is 6.26. The molecule has 3 amide bonds. The number of carbonyl (C=O) groups is 3. The minimum atomic E-state index is -0.685. The highest BCUT2D eigenvalue weighted by molar-refractivity contribution is 5.88. The van der Waals surface area contributed by atoms with Crippen LogP contribution < -0.4 is 16.4 Å². The minimum absolute atomic E-state index is 0.0303. The summed E-state index contributed by atoms with van der Waals surface area (Å²) in [6, 6.07) is 8.84. The fourth-order valence-corrected chi connectivity index (χ4v) is 2.10. The summed E-state index contributed by atoms with van der Waals surface area (Å²) in [7, 11) is 0. The van der Waals surface area contributed by atoms with Gasteiger partial charge in [0, 0.05) is 19.4 Å². The maximum atomic E-state index is 11.8. The molecule has 4 N–H and O–H groups in total. The van der Waals surface area contributed by atoms with Crippen molar-refractivity contribution in [2.75, 3.05) is 0 Å². The van der Waals surface area contributed by atoms with Crippen molar-refractivity contribution in [3.8, 4) is 0 Å². The molecule has 0 aliphatic rings. The average molecular weight is 319 g/mol. The van der Waals surface area contributed by atoms with Crippen molar-refractivity contribution in [2.45, 2.75) is 45.7 Å². The van der Waals surface area contributed by atoms with Crippen LogP contribution in [0.5, 0.6) is 0 Å². The number of amides is 3. The molecule has 6 heteroatoms. The molecule has 0 radical (unpaired) electrons. The van der Waals surface area contributed by atoms with Gasteiger partial charge in [-0.15, -0.1) is 0 Å². The van der Waals surface area contributed by atoms with Crippen LogP contribution in [0, 0.1) is 5.92 Å². The summed E-state index contributed by atoms with van der Waals surface area (Å²) >= 11 is 0. The number of carbonyl (C=O) groups excluding carboxylic acids is 3. The van der Waals surface area contributed by atoms with Crippen molar-refractivity contribution in [2.24, 2.45) is 11.7 Å². The lowest BCUT2D eigenvalue weighted by Gasteiger charge is -2.17. The standard InChI is InChI=1S/C17H25N3O3/c1-12(2)10-14(17(18)23)20-16(22)9-8-15(21)19-11-13-6-4-3-5-7-13/h3-7,12,14H,8-11H2,1-2H3,(H2,18,23)(H,19,21)(H,20,22). The smallest absolute Gasteiger partial charge is 0.240 e. The molecule has 0 aliphatic heterocycles. The molecule has 1 unspecified atom stereocenters. The lowest BCUT2D eigenvalue weighted by Crippen LogP contribution is -2.45. The highest BCUT2D eigenvalue weighted by atomic mass is 16.2. The van der Waals surface area contributed by atoms with Gasteiger partial charge in [-0.25, -0.2) is 0 Å². The first-order valence-corrected chi connectivity index (χ1v) is 7.77. The van der Waals surface area contributed by atoms with Crippen LogP contribution in [-0.2, 0) is 20.9 Å². The van der Waals surface area contributed by atoms with Gasteiger partial charge in [0.25, 0.3) is 0 Å². The zero-order valence-electron chi connectivity index (χ0n) is 13.7. The summed E-state index contributed by atoms with van der Waals surface area (Å²) in [5, 5.41) is 5.34. The third-order valence-electron chi connectivity index (χ3n) is 3.30. The molecule has 126 valence electrons. The third-order valence-corrected chi connectivity index (χ3v) is 3.30. The molecule has 1 atom stereocenters. The molecule has 0 bridgehead atoms. The van der Waals surface area contributed by atoms with Crippen molar-refractivity contribution in [1.82, 2.24) is 10.6 Å². The van der Waals surface area contributed by atoms with Gasteiger partial charge in [-0.05, 0) is 17.9 Å². The van der Waals surface area contributed by atoms with Crippen molar-refractivity contribution in [3.05, 3.63) is 35.9 Å². The Kier molecular flexibility index (Phi) is 7.80. The third kappa shape index (κ3) is 7.99. The van der Waals surface area contributed by atoms with Gasteiger partial charge in [0.2, 0.25) is 17.7 Å². The zero-order chi connectivity index (χ0) is 17.2. The lowest BCUT2D eigenvalue weighted by molar-refractivity contribution is -0.129.